The first kappa shape index (κ1) is 14.8. The van der Waals surface area contributed by atoms with Gasteiger partial charge in [-0.15, -0.1) is 0 Å². The Morgan fingerprint density at radius 3 is 2.70 bits per heavy atom. The molecule has 20 heavy (non-hydrogen) atoms. The maximum absolute atomic E-state index is 13.5. The summed E-state index contributed by atoms with van der Waals surface area (Å²) < 4.78 is 44.6. The van der Waals surface area contributed by atoms with Crippen LogP contribution in [0.5, 0.6) is 0 Å². The molecule has 5 nitrogen and oxygen atoms in total. The van der Waals surface area contributed by atoms with Gasteiger partial charge in [0.2, 0.25) is 15.9 Å². The van der Waals surface area contributed by atoms with Crippen LogP contribution in [-0.2, 0) is 15.8 Å². The zero-order chi connectivity index (χ0) is 14.9. The summed E-state index contributed by atoms with van der Waals surface area (Å²) >= 11 is 5.72. The lowest BCUT2D eigenvalue weighted by Crippen LogP contribution is -2.16. The molecule has 1 aromatic carbocycles. The van der Waals surface area contributed by atoms with Crippen LogP contribution in [0.3, 0.4) is 0 Å². The third-order valence-electron chi connectivity index (χ3n) is 2.76. The summed E-state index contributed by atoms with van der Waals surface area (Å²) in [4.78, 5) is 0. The van der Waals surface area contributed by atoms with Gasteiger partial charge in [0.15, 0.2) is 0 Å². The summed E-state index contributed by atoms with van der Waals surface area (Å²) in [6.07, 6.45) is 0. The van der Waals surface area contributed by atoms with Crippen LogP contribution in [0, 0.1) is 19.7 Å². The van der Waals surface area contributed by atoms with E-state index in [2.05, 4.69) is 9.88 Å². The molecule has 0 radical (unpaired) electrons. The predicted octanol–water partition coefficient (Wildman–Crippen LogP) is 3.03. The molecule has 1 aromatic heterocycles. The van der Waals surface area contributed by atoms with E-state index in [1.54, 1.807) is 13.8 Å². The van der Waals surface area contributed by atoms with Crippen molar-refractivity contribution in [1.82, 2.24) is 5.16 Å². The summed E-state index contributed by atoms with van der Waals surface area (Å²) in [5.74, 6) is -1.14. The van der Waals surface area contributed by atoms with E-state index in [1.165, 1.54) is 12.1 Å². The standard InChI is InChI=1S/C12H12ClFN2O3S/c1-7-8(2)15-19-12(7)16-20(17,18)6-9-5-10(13)3-4-11(9)14/h3-5,16H,6H2,1-2H3. The van der Waals surface area contributed by atoms with Crippen molar-refractivity contribution in [2.75, 3.05) is 4.72 Å². The summed E-state index contributed by atoms with van der Waals surface area (Å²) in [5, 5.41) is 3.91. The van der Waals surface area contributed by atoms with Gasteiger partial charge >= 0.3 is 0 Å². The fourth-order valence-corrected chi connectivity index (χ4v) is 2.92. The fraction of sp³-hybridized carbons (Fsp3) is 0.250. The molecule has 0 saturated carbocycles. The quantitative estimate of drug-likeness (QED) is 0.940. The van der Waals surface area contributed by atoms with Crippen molar-refractivity contribution in [2.24, 2.45) is 0 Å². The third-order valence-corrected chi connectivity index (χ3v) is 4.18. The van der Waals surface area contributed by atoms with Crippen molar-refractivity contribution < 1.29 is 17.3 Å². The van der Waals surface area contributed by atoms with E-state index in [4.69, 9.17) is 16.1 Å². The largest absolute Gasteiger partial charge is 0.337 e. The van der Waals surface area contributed by atoms with Gasteiger partial charge in [0.05, 0.1) is 11.4 Å². The van der Waals surface area contributed by atoms with Crippen LogP contribution < -0.4 is 4.72 Å². The maximum Gasteiger partial charge on any atom is 0.241 e. The van der Waals surface area contributed by atoms with Crippen molar-refractivity contribution in [2.45, 2.75) is 19.6 Å². The molecule has 0 aliphatic carbocycles. The van der Waals surface area contributed by atoms with Gasteiger partial charge in [-0.2, -0.15) is 0 Å². The van der Waals surface area contributed by atoms with Gasteiger partial charge in [0, 0.05) is 16.1 Å². The summed E-state index contributed by atoms with van der Waals surface area (Å²) in [7, 11) is -3.82. The average molecular weight is 319 g/mol. The van der Waals surface area contributed by atoms with Crippen LogP contribution in [0.2, 0.25) is 5.02 Å². The molecule has 0 fully saturated rings. The number of aromatic nitrogens is 1. The Bertz CT molecular complexity index is 743. The van der Waals surface area contributed by atoms with Gasteiger partial charge in [0.25, 0.3) is 0 Å². The number of rotatable bonds is 4. The second-order valence-corrected chi connectivity index (χ2v) is 6.48. The number of anilines is 1. The number of nitrogens with one attached hydrogen (secondary N) is 1. The monoisotopic (exact) mass is 318 g/mol. The molecule has 0 aliphatic rings. The zero-order valence-corrected chi connectivity index (χ0v) is 12.3. The molecular weight excluding hydrogens is 307 g/mol. The van der Waals surface area contributed by atoms with E-state index >= 15 is 0 Å². The van der Waals surface area contributed by atoms with Crippen molar-refractivity contribution in [3.63, 3.8) is 0 Å². The summed E-state index contributed by atoms with van der Waals surface area (Å²) in [6, 6.07) is 3.75. The Morgan fingerprint density at radius 2 is 2.10 bits per heavy atom. The van der Waals surface area contributed by atoms with Gasteiger partial charge < -0.3 is 4.52 Å². The van der Waals surface area contributed by atoms with Crippen molar-refractivity contribution >= 4 is 27.5 Å². The molecular formula is C12H12ClFN2O3S. The van der Waals surface area contributed by atoms with Gasteiger partial charge in [-0.3, -0.25) is 4.72 Å². The van der Waals surface area contributed by atoms with E-state index in [9.17, 15) is 12.8 Å². The molecule has 0 amide bonds. The van der Waals surface area contributed by atoms with Gasteiger partial charge in [-0.05, 0) is 32.0 Å². The number of nitrogens with zero attached hydrogens (tertiary/aromatic N) is 1. The number of sulfonamides is 1. The lowest BCUT2D eigenvalue weighted by Gasteiger charge is -2.07. The number of aryl methyl sites for hydroxylation is 1. The second-order valence-electron chi connectivity index (χ2n) is 4.32. The van der Waals surface area contributed by atoms with Gasteiger partial charge in [0.1, 0.15) is 5.82 Å². The number of hydrogen-bond donors (Lipinski definition) is 1. The minimum Gasteiger partial charge on any atom is -0.337 e. The molecule has 1 N–H and O–H groups in total. The van der Waals surface area contributed by atoms with E-state index in [1.807, 2.05) is 0 Å². The highest BCUT2D eigenvalue weighted by molar-refractivity contribution is 7.91. The van der Waals surface area contributed by atoms with E-state index in [0.717, 1.165) is 6.07 Å². The third kappa shape index (κ3) is 3.29. The first-order chi connectivity index (χ1) is 9.28. The first-order valence-electron chi connectivity index (χ1n) is 5.66. The molecule has 108 valence electrons. The van der Waals surface area contributed by atoms with Crippen LogP contribution in [0.25, 0.3) is 0 Å². The van der Waals surface area contributed by atoms with Gasteiger partial charge in [-0.25, -0.2) is 12.8 Å². The molecule has 1 heterocycles. The number of halogens is 2. The molecule has 0 saturated heterocycles. The highest BCUT2D eigenvalue weighted by Gasteiger charge is 2.19. The summed E-state index contributed by atoms with van der Waals surface area (Å²) in [6.45, 7) is 3.36. The first-order valence-corrected chi connectivity index (χ1v) is 7.69. The number of hydrogen-bond acceptors (Lipinski definition) is 4. The predicted molar refractivity (Wildman–Crippen MR) is 73.6 cm³/mol. The van der Waals surface area contributed by atoms with Crippen LogP contribution in [0.15, 0.2) is 22.7 Å². The second kappa shape index (κ2) is 5.41. The number of benzene rings is 1. The van der Waals surface area contributed by atoms with E-state index in [0.29, 0.717) is 11.3 Å². The van der Waals surface area contributed by atoms with Crippen LogP contribution in [0.4, 0.5) is 10.3 Å². The smallest absolute Gasteiger partial charge is 0.241 e. The Balaban J connectivity index is 2.23. The van der Waals surface area contributed by atoms with Crippen LogP contribution in [0.1, 0.15) is 16.8 Å². The minimum absolute atomic E-state index is 0.0149. The Hall–Kier alpha value is -1.60. The Labute approximate surface area is 120 Å². The lowest BCUT2D eigenvalue weighted by atomic mass is 10.2. The SMILES string of the molecule is Cc1noc(NS(=O)(=O)Cc2cc(Cl)ccc2F)c1C. The molecule has 2 rings (SSSR count). The maximum atomic E-state index is 13.5. The zero-order valence-electron chi connectivity index (χ0n) is 10.8. The normalized spacial score (nSPS) is 11.6. The minimum atomic E-state index is -3.82. The van der Waals surface area contributed by atoms with E-state index in [-0.39, 0.29) is 16.5 Å². The Morgan fingerprint density at radius 1 is 1.40 bits per heavy atom. The van der Waals surface area contributed by atoms with Crippen LogP contribution in [-0.4, -0.2) is 13.6 Å². The molecule has 0 spiro atoms. The lowest BCUT2D eigenvalue weighted by molar-refractivity contribution is 0.430. The van der Waals surface area contributed by atoms with Crippen molar-refractivity contribution in [3.8, 4) is 0 Å². The topological polar surface area (TPSA) is 72.2 Å². The summed E-state index contributed by atoms with van der Waals surface area (Å²) in [5.41, 5.74) is 1.15. The van der Waals surface area contributed by atoms with Crippen molar-refractivity contribution in [3.05, 3.63) is 45.9 Å². The van der Waals surface area contributed by atoms with Gasteiger partial charge in [-0.1, -0.05) is 16.8 Å². The molecule has 2 aromatic rings. The Kier molecular flexibility index (Phi) is 4.01. The van der Waals surface area contributed by atoms with Crippen molar-refractivity contribution in [1.29, 1.82) is 0 Å². The highest BCUT2D eigenvalue weighted by Crippen LogP contribution is 2.22. The highest BCUT2D eigenvalue weighted by atomic mass is 35.5. The fourth-order valence-electron chi connectivity index (χ4n) is 1.55. The molecule has 0 atom stereocenters. The molecule has 8 heteroatoms. The average Bonchev–Trinajstić information content (AvgIpc) is 2.65. The molecule has 0 aliphatic heterocycles. The van der Waals surface area contributed by atoms with Crippen LogP contribution >= 0.6 is 11.6 Å². The molecule has 0 bridgehead atoms. The molecule has 0 unspecified atom stereocenters. The van der Waals surface area contributed by atoms with E-state index < -0.39 is 21.6 Å².